The topological polar surface area (TPSA) is 42.1 Å². The van der Waals surface area contributed by atoms with E-state index in [0.717, 1.165) is 15.4 Å². The Balaban J connectivity index is 2.08. The highest BCUT2D eigenvalue weighted by molar-refractivity contribution is 9.10. The van der Waals surface area contributed by atoms with Crippen LogP contribution in [-0.2, 0) is 4.74 Å². The summed E-state index contributed by atoms with van der Waals surface area (Å²) in [4.78, 5) is 15.3. The Morgan fingerprint density at radius 3 is 2.87 bits per heavy atom. The molecule has 0 aliphatic heterocycles. The van der Waals surface area contributed by atoms with Crippen molar-refractivity contribution in [1.82, 2.24) is 4.98 Å². The Morgan fingerprint density at radius 2 is 2.09 bits per heavy atom. The molecule has 2 heterocycles. The Morgan fingerprint density at radius 1 is 1.30 bits per heavy atom. The molecule has 0 atom stereocenters. The molecule has 0 amide bonds. The normalized spacial score (nSPS) is 11.6. The molecule has 0 saturated carbocycles. The van der Waals surface area contributed by atoms with Gasteiger partial charge in [-0.05, 0) is 47.5 Å². The molecule has 4 aromatic rings. The van der Waals surface area contributed by atoms with Crippen LogP contribution < -0.4 is 0 Å². The minimum atomic E-state index is -0.330. The third kappa shape index (κ3) is 2.11. The van der Waals surface area contributed by atoms with E-state index in [-0.39, 0.29) is 5.97 Å². The molecule has 0 bridgehead atoms. The lowest BCUT2D eigenvalue weighted by Crippen LogP contribution is -2.05. The van der Waals surface area contributed by atoms with Gasteiger partial charge in [-0.3, -0.25) is 0 Å². The van der Waals surface area contributed by atoms with Gasteiger partial charge in [0.2, 0.25) is 0 Å². The fourth-order valence-corrected chi connectivity index (χ4v) is 5.02. The predicted molar refractivity (Wildman–Crippen MR) is 99.6 cm³/mol. The number of aryl methyl sites for hydroxylation is 1. The highest BCUT2D eigenvalue weighted by Crippen LogP contribution is 2.41. The fraction of sp³-hybridized carbons (Fsp3) is 0.167. The van der Waals surface area contributed by atoms with Gasteiger partial charge in [-0.1, -0.05) is 18.2 Å². The molecular weight excluding hydrogens is 374 g/mol. The van der Waals surface area contributed by atoms with Crippen molar-refractivity contribution in [2.24, 2.45) is 0 Å². The summed E-state index contributed by atoms with van der Waals surface area (Å²) in [6, 6.07) is 10.5. The molecule has 0 saturated heterocycles. The average molecular weight is 388 g/mol. The summed E-state index contributed by atoms with van der Waals surface area (Å²) < 4.78 is 8.45. The summed E-state index contributed by atoms with van der Waals surface area (Å²) in [5.41, 5.74) is 2.61. The molecule has 0 aliphatic rings. The van der Waals surface area contributed by atoms with Crippen LogP contribution in [0.4, 0.5) is 0 Å². The first-order chi connectivity index (χ1) is 11.1. The quantitative estimate of drug-likeness (QED) is 0.442. The maximum atomic E-state index is 12.1. The monoisotopic (exact) mass is 387 g/mol. The number of fused-ring (bicyclic) bond motifs is 4. The molecule has 4 rings (SSSR count). The van der Waals surface area contributed by atoms with E-state index >= 15 is 0 Å². The zero-order chi connectivity index (χ0) is 16.1. The summed E-state index contributed by atoms with van der Waals surface area (Å²) in [5.74, 6) is -0.330. The summed E-state index contributed by atoms with van der Waals surface area (Å²) in [7, 11) is 0. The number of halogens is 1. The minimum Gasteiger partial charge on any atom is -0.461 e. The van der Waals surface area contributed by atoms with Gasteiger partial charge >= 0.3 is 5.97 Å². The van der Waals surface area contributed by atoms with Crippen LogP contribution in [0.2, 0.25) is 0 Å². The third-order valence-corrected chi connectivity index (χ3v) is 6.18. The van der Waals surface area contributed by atoms with Crippen LogP contribution in [0.3, 0.4) is 0 Å². The maximum Gasteiger partial charge on any atom is 0.355 e. The molecule has 2 aromatic heterocycles. The maximum absolute atomic E-state index is 12.1. The number of esters is 1. The number of rotatable bonds is 2. The molecule has 2 aromatic carbocycles. The SMILES string of the molecule is CCOC(=O)c1[nH]c2cc3c(sc4ccccc43)c(C)c2c1Br. The fourth-order valence-electron chi connectivity index (χ4n) is 3.06. The summed E-state index contributed by atoms with van der Waals surface area (Å²) in [6.45, 7) is 4.27. The van der Waals surface area contributed by atoms with Crippen molar-refractivity contribution in [2.45, 2.75) is 13.8 Å². The second-order valence-electron chi connectivity index (χ2n) is 5.43. The van der Waals surface area contributed by atoms with Crippen molar-refractivity contribution in [3.05, 3.63) is 46.1 Å². The zero-order valence-corrected chi connectivity index (χ0v) is 15.1. The van der Waals surface area contributed by atoms with Gasteiger partial charge in [-0.25, -0.2) is 4.79 Å². The number of hydrogen-bond donors (Lipinski definition) is 1. The van der Waals surface area contributed by atoms with Crippen LogP contribution >= 0.6 is 27.3 Å². The van der Waals surface area contributed by atoms with E-state index in [2.05, 4.69) is 58.2 Å². The first-order valence-corrected chi connectivity index (χ1v) is 9.02. The molecule has 0 unspecified atom stereocenters. The Bertz CT molecular complexity index is 1080. The Kier molecular flexibility index (Phi) is 3.43. The third-order valence-electron chi connectivity index (χ3n) is 4.09. The summed E-state index contributed by atoms with van der Waals surface area (Å²) in [6.07, 6.45) is 0. The van der Waals surface area contributed by atoms with Crippen molar-refractivity contribution in [3.8, 4) is 0 Å². The van der Waals surface area contributed by atoms with Gasteiger partial charge in [-0.2, -0.15) is 0 Å². The van der Waals surface area contributed by atoms with Crippen LogP contribution in [0, 0.1) is 6.92 Å². The Labute approximate surface area is 145 Å². The standard InChI is InChI=1S/C18H14BrNO2S/c1-3-22-18(21)16-15(19)14-9(2)17-11(8-12(14)20-16)10-6-4-5-7-13(10)23-17/h4-8,20H,3H2,1-2H3. The van der Waals surface area contributed by atoms with E-state index in [1.165, 1.54) is 25.7 Å². The van der Waals surface area contributed by atoms with Gasteiger partial charge in [0, 0.05) is 31.1 Å². The molecule has 5 heteroatoms. The van der Waals surface area contributed by atoms with Crippen molar-refractivity contribution in [1.29, 1.82) is 0 Å². The number of nitrogens with one attached hydrogen (secondary N) is 1. The second-order valence-corrected chi connectivity index (χ2v) is 7.28. The number of carbonyl (C=O) groups excluding carboxylic acids is 1. The number of hydrogen-bond acceptors (Lipinski definition) is 3. The van der Waals surface area contributed by atoms with Crippen LogP contribution in [0.5, 0.6) is 0 Å². The molecular formula is C18H14BrNO2S. The first-order valence-electron chi connectivity index (χ1n) is 7.41. The molecule has 3 nitrogen and oxygen atoms in total. The lowest BCUT2D eigenvalue weighted by molar-refractivity contribution is 0.0519. The Hall–Kier alpha value is -1.85. The second kappa shape index (κ2) is 5.35. The molecule has 0 fully saturated rings. The number of aromatic amines is 1. The number of H-pyrrole nitrogens is 1. The van der Waals surface area contributed by atoms with Crippen molar-refractivity contribution >= 4 is 64.3 Å². The summed E-state index contributed by atoms with van der Waals surface area (Å²) >= 11 is 5.36. The predicted octanol–water partition coefficient (Wildman–Crippen LogP) is 5.78. The molecule has 0 spiro atoms. The van der Waals surface area contributed by atoms with Crippen molar-refractivity contribution < 1.29 is 9.53 Å². The van der Waals surface area contributed by atoms with Gasteiger partial charge in [-0.15, -0.1) is 11.3 Å². The number of thiophene rings is 1. The average Bonchev–Trinajstić information content (AvgIpc) is 3.07. The molecule has 1 N–H and O–H groups in total. The van der Waals surface area contributed by atoms with E-state index in [1.807, 2.05) is 6.92 Å². The van der Waals surface area contributed by atoms with Crippen LogP contribution in [0.25, 0.3) is 31.1 Å². The van der Waals surface area contributed by atoms with Gasteiger partial charge < -0.3 is 9.72 Å². The van der Waals surface area contributed by atoms with E-state index in [4.69, 9.17) is 4.74 Å². The number of aromatic nitrogens is 1. The van der Waals surface area contributed by atoms with E-state index in [0.29, 0.717) is 12.3 Å². The van der Waals surface area contributed by atoms with E-state index in [1.54, 1.807) is 11.3 Å². The van der Waals surface area contributed by atoms with Gasteiger partial charge in [0.25, 0.3) is 0 Å². The van der Waals surface area contributed by atoms with E-state index < -0.39 is 0 Å². The molecule has 23 heavy (non-hydrogen) atoms. The number of ether oxygens (including phenoxy) is 1. The van der Waals surface area contributed by atoms with Crippen LogP contribution in [0.1, 0.15) is 23.0 Å². The lowest BCUT2D eigenvalue weighted by atomic mass is 10.1. The van der Waals surface area contributed by atoms with Gasteiger partial charge in [0.1, 0.15) is 5.69 Å². The smallest absolute Gasteiger partial charge is 0.355 e. The lowest BCUT2D eigenvalue weighted by Gasteiger charge is -2.00. The zero-order valence-electron chi connectivity index (χ0n) is 12.7. The molecule has 0 radical (unpaired) electrons. The molecule has 0 aliphatic carbocycles. The number of carbonyl (C=O) groups is 1. The highest BCUT2D eigenvalue weighted by Gasteiger charge is 2.20. The van der Waals surface area contributed by atoms with E-state index in [9.17, 15) is 4.79 Å². The number of benzene rings is 2. The highest BCUT2D eigenvalue weighted by atomic mass is 79.9. The van der Waals surface area contributed by atoms with Crippen molar-refractivity contribution in [2.75, 3.05) is 6.61 Å². The van der Waals surface area contributed by atoms with Crippen LogP contribution in [-0.4, -0.2) is 17.6 Å². The minimum absolute atomic E-state index is 0.330. The van der Waals surface area contributed by atoms with Gasteiger partial charge in [0.15, 0.2) is 0 Å². The summed E-state index contributed by atoms with van der Waals surface area (Å²) in [5, 5.41) is 3.52. The molecule has 116 valence electrons. The van der Waals surface area contributed by atoms with Crippen LogP contribution in [0.15, 0.2) is 34.8 Å². The first kappa shape index (κ1) is 14.7. The van der Waals surface area contributed by atoms with Gasteiger partial charge in [0.05, 0.1) is 11.1 Å². The largest absolute Gasteiger partial charge is 0.461 e. The van der Waals surface area contributed by atoms with Crippen molar-refractivity contribution in [3.63, 3.8) is 0 Å².